The molecule has 1 aromatic heterocycles. The first kappa shape index (κ1) is 17.8. The van der Waals surface area contributed by atoms with Gasteiger partial charge in [-0.15, -0.1) is 0 Å². The van der Waals surface area contributed by atoms with E-state index in [0.29, 0.717) is 19.6 Å². The summed E-state index contributed by atoms with van der Waals surface area (Å²) in [5.41, 5.74) is 0. The minimum atomic E-state index is -3.05. The SMILES string of the molecule is CC(C)NC(=NCCc1ccco1)N1CCS(=O)(=O)C(C)(C)C1. The van der Waals surface area contributed by atoms with Crippen LogP contribution in [0.15, 0.2) is 27.8 Å². The van der Waals surface area contributed by atoms with Crippen molar-refractivity contribution in [1.29, 1.82) is 0 Å². The van der Waals surface area contributed by atoms with Gasteiger partial charge in [-0.05, 0) is 39.8 Å². The lowest BCUT2D eigenvalue weighted by molar-refractivity contribution is 0.350. The molecule has 1 saturated heterocycles. The zero-order valence-electron chi connectivity index (χ0n) is 14.4. The first-order chi connectivity index (χ1) is 10.7. The predicted octanol–water partition coefficient (Wildman–Crippen LogP) is 1.69. The largest absolute Gasteiger partial charge is 0.469 e. The molecular formula is C16H27N3O3S. The monoisotopic (exact) mass is 341 g/mol. The van der Waals surface area contributed by atoms with E-state index in [1.54, 1.807) is 20.1 Å². The van der Waals surface area contributed by atoms with E-state index in [0.717, 1.165) is 18.1 Å². The molecular weight excluding hydrogens is 314 g/mol. The lowest BCUT2D eigenvalue weighted by Crippen LogP contribution is -2.58. The lowest BCUT2D eigenvalue weighted by atomic mass is 10.2. The van der Waals surface area contributed by atoms with Crippen molar-refractivity contribution in [2.45, 2.75) is 44.9 Å². The highest BCUT2D eigenvalue weighted by Crippen LogP contribution is 2.23. The van der Waals surface area contributed by atoms with Crippen LogP contribution in [-0.4, -0.2) is 55.5 Å². The summed E-state index contributed by atoms with van der Waals surface area (Å²) < 4.78 is 28.9. The molecule has 0 atom stereocenters. The molecule has 0 saturated carbocycles. The van der Waals surface area contributed by atoms with Crippen molar-refractivity contribution < 1.29 is 12.8 Å². The van der Waals surface area contributed by atoms with Gasteiger partial charge >= 0.3 is 0 Å². The van der Waals surface area contributed by atoms with Crippen LogP contribution in [0.25, 0.3) is 0 Å². The minimum Gasteiger partial charge on any atom is -0.469 e. The first-order valence-corrected chi connectivity index (χ1v) is 9.67. The van der Waals surface area contributed by atoms with Crippen LogP contribution in [0.1, 0.15) is 33.5 Å². The van der Waals surface area contributed by atoms with E-state index in [2.05, 4.69) is 10.3 Å². The molecule has 0 unspecified atom stereocenters. The molecule has 1 aliphatic heterocycles. The fourth-order valence-corrected chi connectivity index (χ4v) is 3.91. The highest BCUT2D eigenvalue weighted by Gasteiger charge is 2.41. The van der Waals surface area contributed by atoms with Gasteiger partial charge in [-0.3, -0.25) is 4.99 Å². The maximum atomic E-state index is 12.2. The Labute approximate surface area is 138 Å². The molecule has 7 heteroatoms. The van der Waals surface area contributed by atoms with Crippen LogP contribution < -0.4 is 5.32 Å². The van der Waals surface area contributed by atoms with Crippen molar-refractivity contribution in [3.8, 4) is 0 Å². The Balaban J connectivity index is 2.08. The Bertz CT molecular complexity index is 634. The normalized spacial score (nSPS) is 20.7. The number of hydrogen-bond donors (Lipinski definition) is 1. The molecule has 1 N–H and O–H groups in total. The summed E-state index contributed by atoms with van der Waals surface area (Å²) in [6, 6.07) is 4.03. The summed E-state index contributed by atoms with van der Waals surface area (Å²) >= 11 is 0. The summed E-state index contributed by atoms with van der Waals surface area (Å²) in [6.45, 7) is 9.20. The standard InChI is InChI=1S/C16H27N3O3S/c1-13(2)18-15(17-8-7-14-6-5-10-22-14)19-9-11-23(20,21)16(3,4)12-19/h5-6,10,13H,7-9,11-12H2,1-4H3,(H,17,18). The van der Waals surface area contributed by atoms with Crippen LogP contribution in [-0.2, 0) is 16.3 Å². The second-order valence-corrected chi connectivity index (χ2v) is 9.58. The molecule has 6 nitrogen and oxygen atoms in total. The molecule has 2 rings (SSSR count). The Kier molecular flexibility index (Phi) is 5.39. The molecule has 1 aliphatic rings. The van der Waals surface area contributed by atoms with Crippen molar-refractivity contribution in [3.63, 3.8) is 0 Å². The molecule has 23 heavy (non-hydrogen) atoms. The lowest BCUT2D eigenvalue weighted by Gasteiger charge is -2.39. The number of rotatable bonds is 4. The molecule has 0 spiro atoms. The predicted molar refractivity (Wildman–Crippen MR) is 92.4 cm³/mol. The molecule has 0 amide bonds. The topological polar surface area (TPSA) is 74.9 Å². The third-order valence-corrected chi connectivity index (χ3v) is 6.49. The van der Waals surface area contributed by atoms with Gasteiger partial charge in [-0.2, -0.15) is 0 Å². The van der Waals surface area contributed by atoms with E-state index in [-0.39, 0.29) is 11.8 Å². The van der Waals surface area contributed by atoms with E-state index < -0.39 is 14.6 Å². The molecule has 0 radical (unpaired) electrons. The second-order valence-electron chi connectivity index (χ2n) is 6.83. The number of nitrogens with one attached hydrogen (secondary N) is 1. The average molecular weight is 341 g/mol. The van der Waals surface area contributed by atoms with Gasteiger partial charge in [0.1, 0.15) is 5.76 Å². The first-order valence-electron chi connectivity index (χ1n) is 8.02. The van der Waals surface area contributed by atoms with Gasteiger partial charge < -0.3 is 14.6 Å². The van der Waals surface area contributed by atoms with Crippen molar-refractivity contribution in [3.05, 3.63) is 24.2 Å². The number of guanidine groups is 1. The van der Waals surface area contributed by atoms with Gasteiger partial charge in [-0.25, -0.2) is 8.42 Å². The van der Waals surface area contributed by atoms with Crippen molar-refractivity contribution in [2.24, 2.45) is 4.99 Å². The van der Waals surface area contributed by atoms with Gasteiger partial charge in [0.25, 0.3) is 0 Å². The van der Waals surface area contributed by atoms with Gasteiger partial charge in [-0.1, -0.05) is 0 Å². The molecule has 0 aliphatic carbocycles. The van der Waals surface area contributed by atoms with E-state index >= 15 is 0 Å². The third kappa shape index (κ3) is 4.50. The zero-order valence-corrected chi connectivity index (χ0v) is 15.2. The van der Waals surface area contributed by atoms with E-state index in [1.165, 1.54) is 0 Å². The number of furan rings is 1. The zero-order chi connectivity index (χ0) is 17.1. The quantitative estimate of drug-likeness (QED) is 0.666. The van der Waals surface area contributed by atoms with E-state index in [9.17, 15) is 8.42 Å². The molecule has 1 fully saturated rings. The van der Waals surface area contributed by atoms with Crippen molar-refractivity contribution >= 4 is 15.8 Å². The highest BCUT2D eigenvalue weighted by atomic mass is 32.2. The number of sulfone groups is 1. The molecule has 1 aromatic rings. The van der Waals surface area contributed by atoms with Crippen LogP contribution in [0.5, 0.6) is 0 Å². The summed E-state index contributed by atoms with van der Waals surface area (Å²) in [4.78, 5) is 6.70. The Hall–Kier alpha value is -1.50. The summed E-state index contributed by atoms with van der Waals surface area (Å²) in [7, 11) is -3.05. The van der Waals surface area contributed by atoms with Gasteiger partial charge in [0, 0.05) is 32.1 Å². The molecule has 0 bridgehead atoms. The van der Waals surface area contributed by atoms with Crippen LogP contribution in [0.2, 0.25) is 0 Å². The van der Waals surface area contributed by atoms with Crippen LogP contribution in [0.4, 0.5) is 0 Å². The minimum absolute atomic E-state index is 0.164. The van der Waals surface area contributed by atoms with Crippen LogP contribution in [0.3, 0.4) is 0 Å². The van der Waals surface area contributed by atoms with Gasteiger partial charge in [0.2, 0.25) is 0 Å². The fourth-order valence-electron chi connectivity index (χ4n) is 2.55. The maximum absolute atomic E-state index is 12.2. The molecule has 0 aromatic carbocycles. The van der Waals surface area contributed by atoms with Crippen LogP contribution >= 0.6 is 0 Å². The smallest absolute Gasteiger partial charge is 0.194 e. The summed E-state index contributed by atoms with van der Waals surface area (Å²) in [5.74, 6) is 1.84. The molecule has 2 heterocycles. The average Bonchev–Trinajstić information content (AvgIpc) is 2.93. The maximum Gasteiger partial charge on any atom is 0.194 e. The van der Waals surface area contributed by atoms with Gasteiger partial charge in [0.15, 0.2) is 15.8 Å². The van der Waals surface area contributed by atoms with Crippen molar-refractivity contribution in [1.82, 2.24) is 10.2 Å². The molecule has 130 valence electrons. The van der Waals surface area contributed by atoms with Crippen LogP contribution in [0, 0.1) is 0 Å². The Morgan fingerprint density at radius 2 is 2.22 bits per heavy atom. The highest BCUT2D eigenvalue weighted by molar-refractivity contribution is 7.92. The van der Waals surface area contributed by atoms with E-state index in [1.807, 2.05) is 30.9 Å². The Morgan fingerprint density at radius 1 is 1.48 bits per heavy atom. The van der Waals surface area contributed by atoms with E-state index in [4.69, 9.17) is 4.42 Å². The number of aliphatic imine (C=N–C) groups is 1. The number of nitrogens with zero attached hydrogens (tertiary/aromatic N) is 2. The summed E-state index contributed by atoms with van der Waals surface area (Å²) in [5, 5.41) is 3.35. The fraction of sp³-hybridized carbons (Fsp3) is 0.688. The summed E-state index contributed by atoms with van der Waals surface area (Å²) in [6.07, 6.45) is 2.39. The van der Waals surface area contributed by atoms with Crippen molar-refractivity contribution in [2.75, 3.05) is 25.4 Å². The van der Waals surface area contributed by atoms with Gasteiger partial charge in [0.05, 0.1) is 16.8 Å². The Morgan fingerprint density at radius 3 is 2.78 bits per heavy atom. The third-order valence-electron chi connectivity index (χ3n) is 3.96. The number of hydrogen-bond acceptors (Lipinski definition) is 4. The second kappa shape index (κ2) is 6.95.